The number of aromatic amines is 1. The number of nitrogens with one attached hydrogen (secondary N) is 1. The topological polar surface area (TPSA) is 134 Å². The van der Waals surface area contributed by atoms with E-state index in [4.69, 9.17) is 15.2 Å². The lowest BCUT2D eigenvalue weighted by Crippen LogP contribution is -2.41. The van der Waals surface area contributed by atoms with Crippen LogP contribution in [0.4, 0.5) is 11.5 Å². The molecule has 3 N–H and O–H groups in total. The van der Waals surface area contributed by atoms with Crippen LogP contribution >= 0.6 is 0 Å². The van der Waals surface area contributed by atoms with Crippen molar-refractivity contribution in [3.8, 4) is 33.9 Å². The number of ether oxygens (including phenoxy) is 2. The highest BCUT2D eigenvalue weighted by atomic mass is 16.5. The highest BCUT2D eigenvalue weighted by Crippen LogP contribution is 2.38. The number of pyridine rings is 1. The summed E-state index contributed by atoms with van der Waals surface area (Å²) in [6.07, 6.45) is 0. The second kappa shape index (κ2) is 10.2. The summed E-state index contributed by atoms with van der Waals surface area (Å²) in [4.78, 5) is 25.7. The number of nitrogens with zero attached hydrogens (tertiary/aromatic N) is 6. The number of benzene rings is 2. The monoisotopic (exact) mass is 500 g/mol. The molecule has 0 amide bonds. The molecule has 0 bridgehead atoms. The molecule has 2 aromatic heterocycles. The fraction of sp³-hybridized carbons (Fsp3) is 0.269. The van der Waals surface area contributed by atoms with Crippen molar-refractivity contribution in [2.75, 3.05) is 53.2 Å². The van der Waals surface area contributed by atoms with Crippen LogP contribution in [0, 0.1) is 0 Å². The predicted octanol–water partition coefficient (Wildman–Crippen LogP) is 3.50. The third-order valence-corrected chi connectivity index (χ3v) is 6.34. The maximum atomic E-state index is 12.1. The molecule has 3 heterocycles. The Bertz CT molecular complexity index is 1510. The minimum Gasteiger partial charge on any atom is -0.493 e. The van der Waals surface area contributed by atoms with Gasteiger partial charge in [-0.15, -0.1) is 5.11 Å². The lowest BCUT2D eigenvalue weighted by atomic mass is 9.99. The van der Waals surface area contributed by atoms with Gasteiger partial charge in [0.25, 0.3) is 0 Å². The van der Waals surface area contributed by atoms with Gasteiger partial charge >= 0.3 is 5.69 Å². The van der Waals surface area contributed by atoms with Crippen molar-refractivity contribution >= 4 is 22.5 Å². The summed E-state index contributed by atoms with van der Waals surface area (Å²) in [5.74, 6) is 1.36. The van der Waals surface area contributed by atoms with Crippen LogP contribution in [-0.2, 0) is 0 Å². The summed E-state index contributed by atoms with van der Waals surface area (Å²) in [7, 11) is 5.26. The Morgan fingerprint density at radius 2 is 1.62 bits per heavy atom. The van der Waals surface area contributed by atoms with Gasteiger partial charge in [0, 0.05) is 18.7 Å². The molecule has 1 aliphatic rings. The molecule has 0 aliphatic carbocycles. The molecule has 37 heavy (non-hydrogen) atoms. The third kappa shape index (κ3) is 5.07. The lowest BCUT2D eigenvalue weighted by Gasteiger charge is -2.29. The van der Waals surface area contributed by atoms with Gasteiger partial charge in [-0.3, -0.25) is 9.99 Å². The van der Waals surface area contributed by atoms with E-state index in [0.29, 0.717) is 22.6 Å². The third-order valence-electron chi connectivity index (χ3n) is 6.34. The van der Waals surface area contributed by atoms with Crippen LogP contribution < -0.4 is 20.9 Å². The fourth-order valence-electron chi connectivity index (χ4n) is 4.26. The zero-order valence-corrected chi connectivity index (χ0v) is 20.9. The van der Waals surface area contributed by atoms with Crippen LogP contribution in [0.5, 0.6) is 11.5 Å². The van der Waals surface area contributed by atoms with Gasteiger partial charge in [-0.25, -0.2) is 9.78 Å². The van der Waals surface area contributed by atoms with Crippen molar-refractivity contribution in [2.24, 2.45) is 10.3 Å². The minimum atomic E-state index is -0.562. The Morgan fingerprint density at radius 1 is 0.919 bits per heavy atom. The van der Waals surface area contributed by atoms with Gasteiger partial charge in [0.15, 0.2) is 17.1 Å². The highest BCUT2D eigenvalue weighted by Gasteiger charge is 2.16. The smallest absolute Gasteiger partial charge is 0.348 e. The Labute approximate surface area is 213 Å². The number of anilines is 1. The van der Waals surface area contributed by atoms with E-state index in [2.05, 4.69) is 37.2 Å². The number of methoxy groups -OCH3 is 2. The molecule has 0 unspecified atom stereocenters. The SMILES string of the molecule is COc1ccc(-c2cc(-c3ccc(N=NN4CCN(C)CC4)cc3)nc3nc(=O)[nH]c(N)c23)cc1OC. The molecule has 1 fully saturated rings. The largest absolute Gasteiger partial charge is 0.493 e. The maximum Gasteiger partial charge on any atom is 0.348 e. The molecule has 0 spiro atoms. The summed E-state index contributed by atoms with van der Waals surface area (Å²) in [5, 5.41) is 11.3. The van der Waals surface area contributed by atoms with Gasteiger partial charge in [-0.2, -0.15) is 4.98 Å². The van der Waals surface area contributed by atoms with Gasteiger partial charge in [0.1, 0.15) is 5.82 Å². The first-order valence-electron chi connectivity index (χ1n) is 11.8. The lowest BCUT2D eigenvalue weighted by molar-refractivity contribution is 0.150. The Hall–Kier alpha value is -4.51. The second-order valence-electron chi connectivity index (χ2n) is 8.77. The van der Waals surface area contributed by atoms with Gasteiger partial charge in [-0.05, 0) is 48.5 Å². The first-order chi connectivity index (χ1) is 17.9. The van der Waals surface area contributed by atoms with Gasteiger partial charge in [0.05, 0.1) is 44.1 Å². The molecule has 2 aromatic carbocycles. The van der Waals surface area contributed by atoms with E-state index in [0.717, 1.165) is 48.6 Å². The number of likely N-dealkylation sites (N-methyl/N-ethyl adjacent to an activating group) is 1. The van der Waals surface area contributed by atoms with Crippen LogP contribution in [-0.4, -0.2) is 72.3 Å². The minimum absolute atomic E-state index is 0.193. The van der Waals surface area contributed by atoms with Gasteiger partial charge < -0.3 is 20.1 Å². The number of aromatic nitrogens is 3. The summed E-state index contributed by atoms with van der Waals surface area (Å²) < 4.78 is 10.9. The van der Waals surface area contributed by atoms with Crippen LogP contribution in [0.2, 0.25) is 0 Å². The van der Waals surface area contributed by atoms with Crippen LogP contribution in [0.15, 0.2) is 63.7 Å². The number of nitrogens with two attached hydrogens (primary N) is 1. The van der Waals surface area contributed by atoms with E-state index < -0.39 is 5.69 Å². The quantitative estimate of drug-likeness (QED) is 0.384. The molecular weight excluding hydrogens is 472 g/mol. The number of nitrogen functional groups attached to an aromatic ring is 1. The Morgan fingerprint density at radius 3 is 2.32 bits per heavy atom. The van der Waals surface area contributed by atoms with Crippen molar-refractivity contribution in [3.63, 3.8) is 0 Å². The molecule has 11 heteroatoms. The number of fused-ring (bicyclic) bond motifs is 1. The van der Waals surface area contributed by atoms with Crippen molar-refractivity contribution in [2.45, 2.75) is 0 Å². The van der Waals surface area contributed by atoms with Crippen molar-refractivity contribution in [3.05, 3.63) is 59.0 Å². The van der Waals surface area contributed by atoms with Gasteiger partial charge in [-0.1, -0.05) is 23.4 Å². The van der Waals surface area contributed by atoms with Crippen LogP contribution in [0.1, 0.15) is 0 Å². The van der Waals surface area contributed by atoms with E-state index in [1.807, 2.05) is 53.5 Å². The number of piperazine rings is 1. The number of hydrogen-bond donors (Lipinski definition) is 2. The van der Waals surface area contributed by atoms with Gasteiger partial charge in [0.2, 0.25) is 0 Å². The van der Waals surface area contributed by atoms with Crippen LogP contribution in [0.25, 0.3) is 33.4 Å². The molecule has 0 atom stereocenters. The number of H-pyrrole nitrogens is 1. The normalized spacial score (nSPS) is 14.4. The molecular formula is C26H28N8O3. The van der Waals surface area contributed by atoms with Crippen molar-refractivity contribution < 1.29 is 9.47 Å². The summed E-state index contributed by atoms with van der Waals surface area (Å²) in [6.45, 7) is 3.64. The van der Waals surface area contributed by atoms with E-state index in [1.54, 1.807) is 14.2 Å². The van der Waals surface area contributed by atoms with Crippen molar-refractivity contribution in [1.29, 1.82) is 0 Å². The van der Waals surface area contributed by atoms with E-state index in [-0.39, 0.29) is 11.5 Å². The van der Waals surface area contributed by atoms with E-state index in [1.165, 1.54) is 0 Å². The first-order valence-corrected chi connectivity index (χ1v) is 11.8. The molecule has 5 rings (SSSR count). The molecule has 0 radical (unpaired) electrons. The first kappa shape index (κ1) is 24.2. The number of rotatable bonds is 6. The Balaban J connectivity index is 1.54. The van der Waals surface area contributed by atoms with E-state index >= 15 is 0 Å². The standard InChI is InChI=1S/C26H28N8O3/c1-33-10-12-34(13-11-33)32-31-18-7-4-16(5-8-18)20-15-19(17-6-9-21(36-2)22(14-17)37-3)23-24(27)29-26(35)30-25(23)28-20/h4-9,14-15H,10-13H2,1-3H3,(H3,27,28,29,30,35). The molecule has 4 aromatic rings. The summed E-state index contributed by atoms with van der Waals surface area (Å²) >= 11 is 0. The molecule has 190 valence electrons. The zero-order chi connectivity index (χ0) is 25.9. The fourth-order valence-corrected chi connectivity index (χ4v) is 4.26. The molecule has 1 saturated heterocycles. The average molecular weight is 501 g/mol. The molecule has 1 aliphatic heterocycles. The molecule has 11 nitrogen and oxygen atoms in total. The van der Waals surface area contributed by atoms with Crippen molar-refractivity contribution in [1.82, 2.24) is 24.9 Å². The summed E-state index contributed by atoms with van der Waals surface area (Å²) in [6, 6.07) is 15.1. The predicted molar refractivity (Wildman–Crippen MR) is 142 cm³/mol. The summed E-state index contributed by atoms with van der Waals surface area (Å²) in [5.41, 5.74) is 9.67. The van der Waals surface area contributed by atoms with E-state index in [9.17, 15) is 4.79 Å². The highest BCUT2D eigenvalue weighted by molar-refractivity contribution is 6.01. The number of hydrogen-bond acceptors (Lipinski definition) is 9. The average Bonchev–Trinajstić information content (AvgIpc) is 2.91. The molecule has 0 saturated carbocycles. The second-order valence-corrected chi connectivity index (χ2v) is 8.77. The Kier molecular flexibility index (Phi) is 6.69. The zero-order valence-electron chi connectivity index (χ0n) is 20.9. The maximum absolute atomic E-state index is 12.1. The van der Waals surface area contributed by atoms with Crippen LogP contribution in [0.3, 0.4) is 0 Å².